The van der Waals surface area contributed by atoms with E-state index in [0.29, 0.717) is 0 Å². The number of aliphatic hydroxyl groups is 1. The fourth-order valence-electron chi connectivity index (χ4n) is 2.52. The van der Waals surface area contributed by atoms with Gasteiger partial charge in [-0.3, -0.25) is 4.98 Å². The number of pyridine rings is 1. The van der Waals surface area contributed by atoms with Crippen LogP contribution in [0.4, 0.5) is 0 Å². The summed E-state index contributed by atoms with van der Waals surface area (Å²) >= 11 is 0. The minimum atomic E-state index is -1.66. The topological polar surface area (TPSA) is 33.1 Å². The van der Waals surface area contributed by atoms with Crippen LogP contribution in [0.25, 0.3) is 0 Å². The molecule has 0 spiro atoms. The maximum atomic E-state index is 10.5. The van der Waals surface area contributed by atoms with Gasteiger partial charge in [0.25, 0.3) is 0 Å². The van der Waals surface area contributed by atoms with Crippen molar-refractivity contribution in [3.8, 4) is 0 Å². The van der Waals surface area contributed by atoms with Gasteiger partial charge in [-0.25, -0.2) is 0 Å². The van der Waals surface area contributed by atoms with Gasteiger partial charge in [-0.1, -0.05) is 50.2 Å². The predicted molar refractivity (Wildman–Crippen MR) is 78.5 cm³/mol. The third kappa shape index (κ3) is 3.30. The van der Waals surface area contributed by atoms with Gasteiger partial charge >= 0.3 is 0 Å². The van der Waals surface area contributed by atoms with Crippen LogP contribution in [-0.4, -0.2) is 23.8 Å². The summed E-state index contributed by atoms with van der Waals surface area (Å²) in [6.45, 7) is 4.55. The van der Waals surface area contributed by atoms with Crippen molar-refractivity contribution in [1.82, 2.24) is 4.98 Å². The van der Waals surface area contributed by atoms with E-state index in [1.165, 1.54) is 11.7 Å². The lowest BCUT2D eigenvalue weighted by Crippen LogP contribution is -2.42. The van der Waals surface area contributed by atoms with E-state index >= 15 is 0 Å². The first kappa shape index (κ1) is 13.5. The molecule has 1 aliphatic rings. The van der Waals surface area contributed by atoms with Crippen LogP contribution >= 0.6 is 0 Å². The molecule has 0 radical (unpaired) electrons. The Balaban J connectivity index is 2.12. The smallest absolute Gasteiger partial charge is 0.127 e. The van der Waals surface area contributed by atoms with Gasteiger partial charge in [0.2, 0.25) is 0 Å². The summed E-state index contributed by atoms with van der Waals surface area (Å²) in [6, 6.07) is 6.09. The molecule has 1 fully saturated rings. The molecule has 1 aromatic heterocycles. The minimum Gasteiger partial charge on any atom is -0.386 e. The summed E-state index contributed by atoms with van der Waals surface area (Å²) in [5.41, 5.74) is 1.69. The quantitative estimate of drug-likeness (QED) is 0.849. The van der Waals surface area contributed by atoms with Gasteiger partial charge in [-0.05, 0) is 25.0 Å². The molecule has 18 heavy (non-hydrogen) atoms. The summed E-state index contributed by atoms with van der Waals surface area (Å²) in [7, 11) is -1.66. The normalized spacial score (nSPS) is 20.2. The maximum Gasteiger partial charge on any atom is 0.127 e. The van der Waals surface area contributed by atoms with Gasteiger partial charge in [-0.2, -0.15) is 0 Å². The van der Waals surface area contributed by atoms with E-state index in [9.17, 15) is 5.11 Å². The van der Waals surface area contributed by atoms with Crippen LogP contribution in [0.1, 0.15) is 32.1 Å². The molecular weight excluding hydrogens is 238 g/mol. The summed E-state index contributed by atoms with van der Waals surface area (Å²) in [4.78, 5) is 4.47. The Bertz CT molecular complexity index is 408. The van der Waals surface area contributed by atoms with Gasteiger partial charge < -0.3 is 5.11 Å². The van der Waals surface area contributed by atoms with E-state index in [1.807, 2.05) is 18.3 Å². The number of nitrogens with zero attached hydrogens (tertiary/aromatic N) is 1. The largest absolute Gasteiger partial charge is 0.386 e. The highest BCUT2D eigenvalue weighted by atomic mass is 28.3. The molecule has 1 heterocycles. The second-order valence-corrected chi connectivity index (χ2v) is 10.2. The van der Waals surface area contributed by atoms with Crippen LogP contribution in [0.3, 0.4) is 0 Å². The SMILES string of the molecule is C[Si](C)(C=CC1(O)CCCCC1)c1ccccn1. The van der Waals surface area contributed by atoms with Crippen molar-refractivity contribution in [2.45, 2.75) is 50.8 Å². The second kappa shape index (κ2) is 5.37. The molecule has 98 valence electrons. The van der Waals surface area contributed by atoms with E-state index in [2.05, 4.69) is 35.9 Å². The van der Waals surface area contributed by atoms with E-state index in [1.54, 1.807) is 0 Å². The van der Waals surface area contributed by atoms with Crippen molar-refractivity contribution in [1.29, 1.82) is 0 Å². The van der Waals surface area contributed by atoms with E-state index < -0.39 is 13.7 Å². The van der Waals surface area contributed by atoms with E-state index in [-0.39, 0.29) is 0 Å². The Kier molecular flexibility index (Phi) is 4.03. The zero-order chi connectivity index (χ0) is 13.1. The van der Waals surface area contributed by atoms with Crippen LogP contribution < -0.4 is 5.32 Å². The molecule has 1 aromatic rings. The van der Waals surface area contributed by atoms with Gasteiger partial charge in [0.1, 0.15) is 8.07 Å². The van der Waals surface area contributed by atoms with Crippen LogP contribution in [0.5, 0.6) is 0 Å². The molecule has 0 bridgehead atoms. The highest BCUT2D eigenvalue weighted by molar-refractivity contribution is 6.93. The number of rotatable bonds is 3. The van der Waals surface area contributed by atoms with Crippen molar-refractivity contribution in [2.24, 2.45) is 0 Å². The monoisotopic (exact) mass is 261 g/mol. The fraction of sp³-hybridized carbons (Fsp3) is 0.533. The number of hydrogen-bond acceptors (Lipinski definition) is 2. The summed E-state index contributed by atoms with van der Waals surface area (Å²) in [5.74, 6) is 0. The minimum absolute atomic E-state index is 0.558. The van der Waals surface area contributed by atoms with Crippen LogP contribution in [0, 0.1) is 0 Å². The Labute approximate surface area is 111 Å². The number of hydrogen-bond donors (Lipinski definition) is 1. The molecule has 2 nitrogen and oxygen atoms in total. The van der Waals surface area contributed by atoms with Crippen LogP contribution in [-0.2, 0) is 0 Å². The molecule has 1 saturated carbocycles. The predicted octanol–water partition coefficient (Wildman–Crippen LogP) is 2.79. The molecule has 2 rings (SSSR count). The average molecular weight is 261 g/mol. The van der Waals surface area contributed by atoms with Crippen LogP contribution in [0.15, 0.2) is 36.2 Å². The summed E-state index contributed by atoms with van der Waals surface area (Å²) in [5, 5.41) is 11.7. The Morgan fingerprint density at radius 3 is 2.56 bits per heavy atom. The summed E-state index contributed by atoms with van der Waals surface area (Å²) < 4.78 is 0. The van der Waals surface area contributed by atoms with Crippen LogP contribution in [0.2, 0.25) is 13.1 Å². The van der Waals surface area contributed by atoms with Crippen molar-refractivity contribution in [3.63, 3.8) is 0 Å². The molecule has 0 atom stereocenters. The average Bonchev–Trinajstić information content (AvgIpc) is 2.39. The van der Waals surface area contributed by atoms with Crippen molar-refractivity contribution < 1.29 is 5.11 Å². The molecule has 1 aliphatic carbocycles. The Morgan fingerprint density at radius 2 is 1.94 bits per heavy atom. The first-order valence-corrected chi connectivity index (χ1v) is 9.94. The van der Waals surface area contributed by atoms with Gasteiger partial charge in [0, 0.05) is 11.5 Å². The lowest BCUT2D eigenvalue weighted by Gasteiger charge is -2.30. The van der Waals surface area contributed by atoms with E-state index in [0.717, 1.165) is 25.7 Å². The summed E-state index contributed by atoms with van der Waals surface area (Å²) in [6.07, 6.45) is 9.29. The van der Waals surface area contributed by atoms with Gasteiger partial charge in [0.15, 0.2) is 0 Å². The molecule has 0 unspecified atom stereocenters. The Hall–Kier alpha value is -0.933. The molecule has 3 heteroatoms. The van der Waals surface area contributed by atoms with Gasteiger partial charge in [0.05, 0.1) is 5.60 Å². The highest BCUT2D eigenvalue weighted by Crippen LogP contribution is 2.29. The van der Waals surface area contributed by atoms with Crippen molar-refractivity contribution in [2.75, 3.05) is 0 Å². The van der Waals surface area contributed by atoms with Crippen molar-refractivity contribution in [3.05, 3.63) is 36.2 Å². The maximum absolute atomic E-state index is 10.5. The first-order chi connectivity index (χ1) is 8.52. The lowest BCUT2D eigenvalue weighted by atomic mass is 9.85. The highest BCUT2D eigenvalue weighted by Gasteiger charge is 2.28. The lowest BCUT2D eigenvalue weighted by molar-refractivity contribution is 0.0514. The zero-order valence-corrected chi connectivity index (χ0v) is 12.4. The van der Waals surface area contributed by atoms with E-state index in [4.69, 9.17) is 0 Å². The second-order valence-electron chi connectivity index (χ2n) is 5.93. The van der Waals surface area contributed by atoms with Gasteiger partial charge in [-0.15, -0.1) is 0 Å². The molecule has 0 aliphatic heterocycles. The zero-order valence-electron chi connectivity index (χ0n) is 11.4. The standard InChI is InChI=1S/C15H23NOSi/c1-18(2,14-8-4-7-12-16-14)13-11-15(17)9-5-3-6-10-15/h4,7-8,11-13,17H,3,5-6,9-10H2,1-2H3. The molecular formula is C15H23NOSi. The number of aromatic nitrogens is 1. The molecule has 0 saturated heterocycles. The molecule has 0 aromatic carbocycles. The fourth-order valence-corrected chi connectivity index (χ4v) is 4.35. The molecule has 1 N–H and O–H groups in total. The first-order valence-electron chi connectivity index (χ1n) is 6.86. The molecule has 0 amide bonds. The third-order valence-corrected chi connectivity index (χ3v) is 6.47. The van der Waals surface area contributed by atoms with Crippen molar-refractivity contribution >= 4 is 13.4 Å². The Morgan fingerprint density at radius 1 is 1.22 bits per heavy atom. The third-order valence-electron chi connectivity index (χ3n) is 3.85.